The maximum Gasteiger partial charge on any atom is 0.466 e. The number of hydrogen-bond acceptors (Lipinski definition) is 1. The minimum absolute atomic E-state index is 1.11. The molecule has 0 aromatic heterocycles. The molecule has 0 aliphatic carbocycles. The zero-order chi connectivity index (χ0) is 16.6. The van der Waals surface area contributed by atoms with Gasteiger partial charge >= 0.3 is 130 Å². The summed E-state index contributed by atoms with van der Waals surface area (Å²) in [6.07, 6.45) is 17.6. The molecule has 0 heterocycles. The first-order valence-electron chi connectivity index (χ1n) is 8.59. The third-order valence-electron chi connectivity index (χ3n) is 3.60. The largest absolute Gasteiger partial charge is 0.466 e. The number of unbranched alkanes of at least 4 members (excludes halogenated alkanes) is 8. The van der Waals surface area contributed by atoms with Crippen molar-refractivity contribution in [1.29, 1.82) is 0 Å². The quantitative estimate of drug-likeness (QED) is 0.274. The second-order valence-corrected chi connectivity index (χ2v) is 8.68. The first-order chi connectivity index (χ1) is 9.81. The van der Waals surface area contributed by atoms with Crippen molar-refractivity contribution in [3.63, 3.8) is 0 Å². The zero-order valence-electron chi connectivity index (χ0n) is 14.3. The van der Waals surface area contributed by atoms with Crippen molar-refractivity contribution in [2.24, 2.45) is 0 Å². The van der Waals surface area contributed by atoms with Crippen molar-refractivity contribution >= 4 is 35.8 Å². The zero-order valence-corrected chi connectivity index (χ0v) is 17.2. The van der Waals surface area contributed by atoms with Crippen LogP contribution in [0.1, 0.15) is 90.9 Å². The van der Waals surface area contributed by atoms with Crippen LogP contribution in [-0.4, -0.2) is 42.6 Å². The number of hydrogen-bond donors (Lipinski definition) is 3. The third kappa shape index (κ3) is 33.8. The van der Waals surface area contributed by atoms with Crippen molar-refractivity contribution in [2.45, 2.75) is 94.1 Å². The minimum Gasteiger partial charge on any atom is -0.303 e. The van der Waals surface area contributed by atoms with Crippen LogP contribution in [0.4, 0.5) is 0 Å². The molecule has 0 aromatic rings. The van der Waals surface area contributed by atoms with E-state index in [0.29, 0.717) is 0 Å². The van der Waals surface area contributed by atoms with Gasteiger partial charge in [-0.15, -0.1) is 0 Å². The summed E-state index contributed by atoms with van der Waals surface area (Å²) in [5.41, 5.74) is 0. The SMILES string of the molecule is CCCCCCC[CH]([Na])CCCCCCC.O=P(O)(O)O. The Morgan fingerprint density at radius 1 is 0.762 bits per heavy atom. The molecule has 0 fully saturated rings. The van der Waals surface area contributed by atoms with Crippen molar-refractivity contribution < 1.29 is 19.2 Å². The van der Waals surface area contributed by atoms with E-state index in [4.69, 9.17) is 19.2 Å². The fourth-order valence-electron chi connectivity index (χ4n) is 2.34. The van der Waals surface area contributed by atoms with Crippen LogP contribution >= 0.6 is 7.82 Å². The molecule has 124 valence electrons. The Kier molecular flexibility index (Phi) is 20.3. The standard InChI is InChI=1S/C15H31.Na.H3O4P/c1-3-5-7-9-11-13-15-14-12-10-8-6-4-2;;1-5(2,3)4/h15H,3-14H2,1-2H3;;(H3,1,2,3,4). The Balaban J connectivity index is 0. The van der Waals surface area contributed by atoms with E-state index in [-0.39, 0.29) is 0 Å². The van der Waals surface area contributed by atoms with Crippen LogP contribution in [0.25, 0.3) is 0 Å². The van der Waals surface area contributed by atoms with E-state index in [1.54, 1.807) is 0 Å². The predicted octanol–water partition coefficient (Wildman–Crippen LogP) is 4.74. The van der Waals surface area contributed by atoms with Crippen LogP contribution in [0.5, 0.6) is 0 Å². The van der Waals surface area contributed by atoms with E-state index < -0.39 is 7.82 Å². The normalized spacial score (nSPS) is 11.4. The fourth-order valence-corrected chi connectivity index (χ4v) is 3.15. The van der Waals surface area contributed by atoms with Gasteiger partial charge in [-0.2, -0.15) is 0 Å². The van der Waals surface area contributed by atoms with Gasteiger partial charge in [-0.1, -0.05) is 0 Å². The Hall–Kier alpha value is 1.11. The molecule has 4 nitrogen and oxygen atoms in total. The molecular formula is C15H34NaO4P. The smallest absolute Gasteiger partial charge is 0.303 e. The van der Waals surface area contributed by atoms with Gasteiger partial charge in [-0.25, -0.2) is 4.57 Å². The second-order valence-electron chi connectivity index (χ2n) is 6.02. The van der Waals surface area contributed by atoms with Crippen molar-refractivity contribution in [1.82, 2.24) is 0 Å². The molecule has 6 heteroatoms. The molecule has 0 saturated heterocycles. The van der Waals surface area contributed by atoms with Gasteiger partial charge in [-0.05, 0) is 0 Å². The van der Waals surface area contributed by atoms with Gasteiger partial charge in [-0.3, -0.25) is 0 Å². The monoisotopic (exact) mass is 332 g/mol. The van der Waals surface area contributed by atoms with E-state index in [9.17, 15) is 0 Å². The minimum atomic E-state index is -4.64. The molecule has 0 spiro atoms. The molecule has 0 unspecified atom stereocenters. The molecule has 0 aromatic carbocycles. The van der Waals surface area contributed by atoms with Crippen LogP contribution in [-0.2, 0) is 4.57 Å². The van der Waals surface area contributed by atoms with Gasteiger partial charge in [0.2, 0.25) is 0 Å². The van der Waals surface area contributed by atoms with E-state index in [1.807, 2.05) is 0 Å². The van der Waals surface area contributed by atoms with Crippen molar-refractivity contribution in [3.8, 4) is 0 Å². The second kappa shape index (κ2) is 17.5. The maximum atomic E-state index is 8.88. The van der Waals surface area contributed by atoms with Crippen LogP contribution in [0.15, 0.2) is 0 Å². The summed E-state index contributed by atoms with van der Waals surface area (Å²) in [5.74, 6) is 0. The average molecular weight is 332 g/mol. The Morgan fingerprint density at radius 3 is 1.33 bits per heavy atom. The van der Waals surface area contributed by atoms with Crippen molar-refractivity contribution in [2.75, 3.05) is 0 Å². The summed E-state index contributed by atoms with van der Waals surface area (Å²) in [5, 5.41) is 0. The van der Waals surface area contributed by atoms with Crippen LogP contribution in [0.2, 0.25) is 3.17 Å². The van der Waals surface area contributed by atoms with E-state index in [0.717, 1.165) is 3.17 Å². The van der Waals surface area contributed by atoms with Gasteiger partial charge in [0.05, 0.1) is 0 Å². The van der Waals surface area contributed by atoms with E-state index in [2.05, 4.69) is 13.8 Å². The maximum absolute atomic E-state index is 8.88. The molecule has 0 radical (unpaired) electrons. The molecule has 3 N–H and O–H groups in total. The molecule has 0 saturated carbocycles. The Bertz CT molecular complexity index is 224. The summed E-state index contributed by atoms with van der Waals surface area (Å²) in [6, 6.07) is 0. The van der Waals surface area contributed by atoms with Gasteiger partial charge in [0.1, 0.15) is 0 Å². The number of rotatable bonds is 12. The topological polar surface area (TPSA) is 77.8 Å². The summed E-state index contributed by atoms with van der Waals surface area (Å²) in [6.45, 7) is 4.59. The van der Waals surface area contributed by atoms with Crippen LogP contribution < -0.4 is 0 Å². The molecule has 21 heavy (non-hydrogen) atoms. The molecule has 0 atom stereocenters. The van der Waals surface area contributed by atoms with Gasteiger partial charge in [0.25, 0.3) is 0 Å². The first kappa shape index (κ1) is 24.4. The van der Waals surface area contributed by atoms with Crippen molar-refractivity contribution in [3.05, 3.63) is 0 Å². The molecular weight excluding hydrogens is 298 g/mol. The summed E-state index contributed by atoms with van der Waals surface area (Å²) in [4.78, 5) is 21.6. The number of phosphoric acid groups is 1. The van der Waals surface area contributed by atoms with Crippen LogP contribution in [0, 0.1) is 0 Å². The predicted molar refractivity (Wildman–Crippen MR) is 90.5 cm³/mol. The summed E-state index contributed by atoms with van der Waals surface area (Å²) >= 11 is 1.43. The van der Waals surface area contributed by atoms with E-state index in [1.165, 1.54) is 105 Å². The van der Waals surface area contributed by atoms with E-state index >= 15 is 0 Å². The third-order valence-corrected chi connectivity index (χ3v) is 4.76. The molecule has 0 aliphatic rings. The summed E-state index contributed by atoms with van der Waals surface area (Å²) < 4.78 is 10.00. The first-order valence-corrected chi connectivity index (χ1v) is 11.3. The molecule has 0 amide bonds. The summed E-state index contributed by atoms with van der Waals surface area (Å²) in [7, 11) is -4.64. The fraction of sp³-hybridized carbons (Fsp3) is 1.00. The molecule has 0 aliphatic heterocycles. The average Bonchev–Trinajstić information content (AvgIpc) is 2.36. The van der Waals surface area contributed by atoms with Gasteiger partial charge in [0, 0.05) is 0 Å². The van der Waals surface area contributed by atoms with Gasteiger partial charge < -0.3 is 14.7 Å². The van der Waals surface area contributed by atoms with Crippen LogP contribution in [0.3, 0.4) is 0 Å². The Labute approximate surface area is 148 Å². The Morgan fingerprint density at radius 2 is 1.05 bits per heavy atom. The molecule has 0 bridgehead atoms. The van der Waals surface area contributed by atoms with Gasteiger partial charge in [0.15, 0.2) is 0 Å². The molecule has 0 rings (SSSR count).